The van der Waals surface area contributed by atoms with E-state index in [1.807, 2.05) is 22.9 Å². The minimum Gasteiger partial charge on any atom is -0.399 e. The van der Waals surface area contributed by atoms with Crippen LogP contribution < -0.4 is 5.73 Å². The molecule has 6 heteroatoms. The lowest BCUT2D eigenvalue weighted by Crippen LogP contribution is -2.03. The summed E-state index contributed by atoms with van der Waals surface area (Å²) in [6.07, 6.45) is 5.20. The van der Waals surface area contributed by atoms with Crippen molar-refractivity contribution >= 4 is 21.6 Å². The highest BCUT2D eigenvalue weighted by atomic mass is 79.9. The molecule has 3 rings (SSSR count). The van der Waals surface area contributed by atoms with E-state index in [0.717, 1.165) is 34.7 Å². The number of nitrogens with two attached hydrogens (primary N) is 1. The molecule has 0 unspecified atom stereocenters. The van der Waals surface area contributed by atoms with Gasteiger partial charge in [0.05, 0.1) is 0 Å². The van der Waals surface area contributed by atoms with Gasteiger partial charge in [0.1, 0.15) is 0 Å². The minimum atomic E-state index is 0.705. The summed E-state index contributed by atoms with van der Waals surface area (Å²) in [6, 6.07) is 5.75. The summed E-state index contributed by atoms with van der Waals surface area (Å²) in [5.74, 6) is 1.73. The van der Waals surface area contributed by atoms with Gasteiger partial charge in [-0.05, 0) is 47.4 Å². The van der Waals surface area contributed by atoms with Gasteiger partial charge in [0.25, 0.3) is 0 Å². The van der Waals surface area contributed by atoms with Gasteiger partial charge in [-0.2, -0.15) is 0 Å². The van der Waals surface area contributed by atoms with Gasteiger partial charge in [0.15, 0.2) is 5.82 Å². The molecule has 1 heterocycles. The summed E-state index contributed by atoms with van der Waals surface area (Å²) in [7, 11) is 0. The lowest BCUT2D eigenvalue weighted by molar-refractivity contribution is 0.526. The van der Waals surface area contributed by atoms with E-state index >= 15 is 0 Å². The van der Waals surface area contributed by atoms with Crippen molar-refractivity contribution in [3.05, 3.63) is 22.7 Å². The van der Waals surface area contributed by atoms with Crippen molar-refractivity contribution in [2.45, 2.75) is 32.2 Å². The molecule has 1 aliphatic rings. The third kappa shape index (κ3) is 3.12. The average molecular weight is 322 g/mol. The van der Waals surface area contributed by atoms with Gasteiger partial charge in [-0.15, -0.1) is 5.10 Å². The molecule has 0 saturated heterocycles. The van der Waals surface area contributed by atoms with Crippen LogP contribution in [0.5, 0.6) is 0 Å². The minimum absolute atomic E-state index is 0.705. The number of anilines is 1. The second kappa shape index (κ2) is 5.28. The van der Waals surface area contributed by atoms with Gasteiger partial charge in [-0.1, -0.05) is 28.8 Å². The smallest absolute Gasteiger partial charge is 0.182 e. The summed E-state index contributed by atoms with van der Waals surface area (Å²) < 4.78 is 2.80. The van der Waals surface area contributed by atoms with E-state index in [2.05, 4.69) is 31.5 Å². The Kier molecular flexibility index (Phi) is 3.50. The number of halogens is 1. The van der Waals surface area contributed by atoms with E-state index in [-0.39, 0.29) is 0 Å². The van der Waals surface area contributed by atoms with Crippen molar-refractivity contribution in [2.75, 3.05) is 5.73 Å². The Labute approximate surface area is 120 Å². The Morgan fingerprint density at radius 1 is 1.32 bits per heavy atom. The quantitative estimate of drug-likeness (QED) is 0.860. The molecule has 0 atom stereocenters. The van der Waals surface area contributed by atoms with E-state index in [1.54, 1.807) is 0 Å². The number of hydrogen-bond donors (Lipinski definition) is 1. The Hall–Kier alpha value is -1.43. The molecular weight excluding hydrogens is 306 g/mol. The van der Waals surface area contributed by atoms with Crippen LogP contribution in [0.2, 0.25) is 0 Å². The van der Waals surface area contributed by atoms with Gasteiger partial charge >= 0.3 is 0 Å². The van der Waals surface area contributed by atoms with E-state index < -0.39 is 0 Å². The molecule has 0 aliphatic heterocycles. The van der Waals surface area contributed by atoms with E-state index in [1.165, 1.54) is 19.3 Å². The summed E-state index contributed by atoms with van der Waals surface area (Å²) in [5, 5.41) is 12.0. The molecule has 2 aromatic rings. The van der Waals surface area contributed by atoms with Crippen molar-refractivity contribution in [3.63, 3.8) is 0 Å². The fourth-order valence-corrected chi connectivity index (χ4v) is 2.75. The highest BCUT2D eigenvalue weighted by Gasteiger charge is 2.20. The first-order valence-corrected chi connectivity index (χ1v) is 7.34. The van der Waals surface area contributed by atoms with Crippen molar-refractivity contribution in [1.29, 1.82) is 0 Å². The number of tetrazole rings is 1. The normalized spacial score (nSPS) is 14.8. The van der Waals surface area contributed by atoms with Crippen LogP contribution in [0.15, 0.2) is 22.7 Å². The monoisotopic (exact) mass is 321 g/mol. The molecule has 1 fully saturated rings. The van der Waals surface area contributed by atoms with Crippen LogP contribution in [-0.4, -0.2) is 20.2 Å². The number of rotatable bonds is 5. The predicted octanol–water partition coefficient (Wildman–Crippen LogP) is 2.88. The number of benzene rings is 1. The second-order valence-electron chi connectivity index (χ2n) is 5.08. The van der Waals surface area contributed by atoms with Crippen LogP contribution in [0, 0.1) is 5.92 Å². The molecule has 2 N–H and O–H groups in total. The third-order valence-corrected chi connectivity index (χ3v) is 3.85. The van der Waals surface area contributed by atoms with Crippen LogP contribution >= 0.6 is 15.9 Å². The molecule has 100 valence electrons. The molecule has 1 aromatic carbocycles. The summed E-state index contributed by atoms with van der Waals surface area (Å²) in [4.78, 5) is 0. The average Bonchev–Trinajstić information content (AvgIpc) is 3.04. The zero-order chi connectivity index (χ0) is 13.2. The number of aryl methyl sites for hydroxylation is 1. The van der Waals surface area contributed by atoms with Crippen LogP contribution in [0.4, 0.5) is 5.69 Å². The molecule has 0 radical (unpaired) electrons. The fraction of sp³-hybridized carbons (Fsp3) is 0.462. The Bertz CT molecular complexity index is 556. The fourth-order valence-electron chi connectivity index (χ4n) is 2.24. The van der Waals surface area contributed by atoms with Gasteiger partial charge in [-0.3, -0.25) is 0 Å². The molecule has 1 saturated carbocycles. The van der Waals surface area contributed by atoms with Crippen LogP contribution in [-0.2, 0) is 6.54 Å². The lowest BCUT2D eigenvalue weighted by Gasteiger charge is -2.06. The molecule has 0 amide bonds. The molecule has 1 aromatic heterocycles. The molecule has 1 aliphatic carbocycles. The first-order chi connectivity index (χ1) is 9.22. The number of nitrogen functional groups attached to an aromatic ring is 1. The Morgan fingerprint density at radius 2 is 2.16 bits per heavy atom. The predicted molar refractivity (Wildman–Crippen MR) is 77.3 cm³/mol. The first kappa shape index (κ1) is 12.6. The molecule has 19 heavy (non-hydrogen) atoms. The molecule has 5 nitrogen and oxygen atoms in total. The third-order valence-electron chi connectivity index (χ3n) is 3.39. The highest BCUT2D eigenvalue weighted by Crippen LogP contribution is 2.33. The first-order valence-electron chi connectivity index (χ1n) is 6.55. The van der Waals surface area contributed by atoms with E-state index in [9.17, 15) is 0 Å². The van der Waals surface area contributed by atoms with Crippen molar-refractivity contribution in [3.8, 4) is 11.4 Å². The van der Waals surface area contributed by atoms with E-state index in [0.29, 0.717) is 5.69 Å². The summed E-state index contributed by atoms with van der Waals surface area (Å²) in [6.45, 7) is 0.866. The Balaban J connectivity index is 1.77. The number of hydrogen-bond acceptors (Lipinski definition) is 4. The van der Waals surface area contributed by atoms with Gasteiger partial charge in [0, 0.05) is 22.3 Å². The topological polar surface area (TPSA) is 69.6 Å². The van der Waals surface area contributed by atoms with Crippen LogP contribution in [0.1, 0.15) is 25.7 Å². The molecule has 0 bridgehead atoms. The summed E-state index contributed by atoms with van der Waals surface area (Å²) >= 11 is 3.45. The van der Waals surface area contributed by atoms with Crippen molar-refractivity contribution in [1.82, 2.24) is 20.2 Å². The van der Waals surface area contributed by atoms with Crippen molar-refractivity contribution in [2.24, 2.45) is 5.92 Å². The molecule has 0 spiro atoms. The number of aromatic nitrogens is 4. The lowest BCUT2D eigenvalue weighted by atomic mass is 10.2. The second-order valence-corrected chi connectivity index (χ2v) is 6.00. The van der Waals surface area contributed by atoms with Crippen LogP contribution in [0.25, 0.3) is 11.4 Å². The van der Waals surface area contributed by atoms with Gasteiger partial charge < -0.3 is 5.73 Å². The largest absolute Gasteiger partial charge is 0.399 e. The van der Waals surface area contributed by atoms with E-state index in [4.69, 9.17) is 5.73 Å². The summed E-state index contributed by atoms with van der Waals surface area (Å²) in [5.41, 5.74) is 7.51. The standard InChI is InChI=1S/C13H16BrN5/c14-11-6-10(7-12(15)8-11)13-16-17-18-19(13)5-1-2-9-3-4-9/h6-9H,1-5,15H2. The van der Waals surface area contributed by atoms with Gasteiger partial charge in [-0.25, -0.2) is 4.68 Å². The highest BCUT2D eigenvalue weighted by molar-refractivity contribution is 9.10. The molecular formula is C13H16BrN5. The van der Waals surface area contributed by atoms with Gasteiger partial charge in [0.2, 0.25) is 0 Å². The Morgan fingerprint density at radius 3 is 2.89 bits per heavy atom. The maximum absolute atomic E-state index is 5.86. The maximum atomic E-state index is 5.86. The van der Waals surface area contributed by atoms with Crippen LogP contribution in [0.3, 0.4) is 0 Å². The zero-order valence-electron chi connectivity index (χ0n) is 10.6. The zero-order valence-corrected chi connectivity index (χ0v) is 12.2. The SMILES string of the molecule is Nc1cc(Br)cc(-c2nnnn2CCCC2CC2)c1. The number of nitrogens with zero attached hydrogens (tertiary/aromatic N) is 4. The van der Waals surface area contributed by atoms with Crippen molar-refractivity contribution < 1.29 is 0 Å². The maximum Gasteiger partial charge on any atom is 0.182 e.